The van der Waals surface area contributed by atoms with Gasteiger partial charge in [0, 0.05) is 44.0 Å². The Kier molecular flexibility index (Phi) is 7.17. The van der Waals surface area contributed by atoms with Crippen molar-refractivity contribution in [1.29, 1.82) is 0 Å². The molecule has 0 fully saturated rings. The number of aliphatic imine (C=N–C) groups is 1. The van der Waals surface area contributed by atoms with Crippen LogP contribution >= 0.6 is 0 Å². The molecule has 0 unspecified atom stereocenters. The average Bonchev–Trinajstić information content (AvgIpc) is 3.20. The lowest BCUT2D eigenvalue weighted by Gasteiger charge is -2.24. The minimum atomic E-state index is 0.00535. The molecule has 0 aliphatic carbocycles. The van der Waals surface area contributed by atoms with Crippen molar-refractivity contribution in [1.82, 2.24) is 10.2 Å². The first kappa shape index (κ1) is 21.5. The number of ether oxygens (including phenoxy) is 2. The Morgan fingerprint density at radius 3 is 2.73 bits per heavy atom. The van der Waals surface area contributed by atoms with Gasteiger partial charge in [-0.05, 0) is 37.1 Å². The van der Waals surface area contributed by atoms with Gasteiger partial charge in [-0.25, -0.2) is 4.99 Å². The van der Waals surface area contributed by atoms with E-state index in [1.807, 2.05) is 60.2 Å². The number of benzene rings is 2. The number of rotatable bonds is 7. The standard InChI is InChI=1S/C23H30N4O3/c1-5-24-23(26(2)16-18-10-11-19(29-3)14-21(18)30-4)25-15-22(28)27-13-12-17-8-6-7-9-20(17)27/h6-11,14H,5,12-13,15-16H2,1-4H3,(H,24,25). The van der Waals surface area contributed by atoms with Gasteiger partial charge in [-0.1, -0.05) is 18.2 Å². The molecule has 30 heavy (non-hydrogen) atoms. The highest BCUT2D eigenvalue weighted by Crippen LogP contribution is 2.27. The summed E-state index contributed by atoms with van der Waals surface area (Å²) in [4.78, 5) is 21.2. The SMILES string of the molecule is CCNC(=NCC(=O)N1CCc2ccccc21)N(C)Cc1ccc(OC)cc1OC. The first-order valence-corrected chi connectivity index (χ1v) is 10.2. The molecule has 0 aromatic heterocycles. The second-order valence-electron chi connectivity index (χ2n) is 7.13. The summed E-state index contributed by atoms with van der Waals surface area (Å²) in [7, 11) is 5.22. The molecule has 1 amide bonds. The zero-order valence-corrected chi connectivity index (χ0v) is 18.1. The van der Waals surface area contributed by atoms with E-state index >= 15 is 0 Å². The Balaban J connectivity index is 1.70. The molecule has 0 saturated carbocycles. The molecule has 2 aromatic carbocycles. The Hall–Kier alpha value is -3.22. The predicted molar refractivity (Wildman–Crippen MR) is 119 cm³/mol. The van der Waals surface area contributed by atoms with Gasteiger partial charge in [-0.3, -0.25) is 4.79 Å². The zero-order chi connectivity index (χ0) is 21.5. The van der Waals surface area contributed by atoms with Crippen LogP contribution in [0.5, 0.6) is 11.5 Å². The minimum absolute atomic E-state index is 0.00535. The van der Waals surface area contributed by atoms with Crippen LogP contribution in [0.2, 0.25) is 0 Å². The maximum atomic E-state index is 12.8. The summed E-state index contributed by atoms with van der Waals surface area (Å²) in [6, 6.07) is 13.8. The molecule has 3 rings (SSSR count). The normalized spacial score (nSPS) is 13.1. The van der Waals surface area contributed by atoms with Gasteiger partial charge in [-0.15, -0.1) is 0 Å². The molecule has 0 saturated heterocycles. The van der Waals surface area contributed by atoms with Gasteiger partial charge in [0.2, 0.25) is 5.91 Å². The molecular formula is C23H30N4O3. The van der Waals surface area contributed by atoms with E-state index in [0.717, 1.165) is 29.2 Å². The summed E-state index contributed by atoms with van der Waals surface area (Å²) in [6.07, 6.45) is 0.892. The Bertz CT molecular complexity index is 913. The summed E-state index contributed by atoms with van der Waals surface area (Å²) in [5.41, 5.74) is 3.22. The first-order chi connectivity index (χ1) is 14.6. The van der Waals surface area contributed by atoms with Gasteiger partial charge in [0.15, 0.2) is 5.96 Å². The summed E-state index contributed by atoms with van der Waals surface area (Å²) in [5, 5.41) is 3.27. The van der Waals surface area contributed by atoms with E-state index in [-0.39, 0.29) is 12.5 Å². The highest BCUT2D eigenvalue weighted by molar-refractivity contribution is 5.98. The number of nitrogens with zero attached hydrogens (tertiary/aromatic N) is 3. The van der Waals surface area contributed by atoms with Gasteiger partial charge in [0.25, 0.3) is 0 Å². The molecule has 1 aliphatic rings. The number of carbonyl (C=O) groups excluding carboxylic acids is 1. The number of hydrogen-bond acceptors (Lipinski definition) is 4. The Labute approximate surface area is 178 Å². The number of nitrogens with one attached hydrogen (secondary N) is 1. The van der Waals surface area contributed by atoms with Crippen LogP contribution in [0.15, 0.2) is 47.5 Å². The third-order valence-electron chi connectivity index (χ3n) is 5.15. The smallest absolute Gasteiger partial charge is 0.248 e. The van der Waals surface area contributed by atoms with Crippen LogP contribution in [0.1, 0.15) is 18.1 Å². The largest absolute Gasteiger partial charge is 0.497 e. The second-order valence-corrected chi connectivity index (χ2v) is 7.13. The van der Waals surface area contributed by atoms with Gasteiger partial charge < -0.3 is 24.6 Å². The molecule has 2 aromatic rings. The van der Waals surface area contributed by atoms with Crippen molar-refractivity contribution < 1.29 is 14.3 Å². The van der Waals surface area contributed by atoms with E-state index in [2.05, 4.69) is 16.4 Å². The lowest BCUT2D eigenvalue weighted by atomic mass is 10.2. The minimum Gasteiger partial charge on any atom is -0.497 e. The Morgan fingerprint density at radius 2 is 2.00 bits per heavy atom. The molecule has 160 valence electrons. The predicted octanol–water partition coefficient (Wildman–Crippen LogP) is 2.69. The van der Waals surface area contributed by atoms with Gasteiger partial charge in [0.1, 0.15) is 18.0 Å². The second kappa shape index (κ2) is 10.0. The van der Waals surface area contributed by atoms with Crippen LogP contribution in [-0.4, -0.2) is 57.7 Å². The fourth-order valence-corrected chi connectivity index (χ4v) is 3.61. The molecule has 0 bridgehead atoms. The Morgan fingerprint density at radius 1 is 1.20 bits per heavy atom. The van der Waals surface area contributed by atoms with E-state index in [1.165, 1.54) is 5.56 Å². The molecule has 1 heterocycles. The molecule has 1 aliphatic heterocycles. The number of para-hydroxylation sites is 1. The summed E-state index contributed by atoms with van der Waals surface area (Å²) >= 11 is 0. The average molecular weight is 411 g/mol. The number of hydrogen-bond donors (Lipinski definition) is 1. The van der Waals surface area contributed by atoms with Crippen LogP contribution in [0.25, 0.3) is 0 Å². The monoisotopic (exact) mass is 410 g/mol. The fraction of sp³-hybridized carbons (Fsp3) is 0.391. The van der Waals surface area contributed by atoms with Crippen molar-refractivity contribution in [2.45, 2.75) is 19.9 Å². The molecule has 0 atom stereocenters. The van der Waals surface area contributed by atoms with Crippen molar-refractivity contribution >= 4 is 17.6 Å². The van der Waals surface area contributed by atoms with E-state index in [4.69, 9.17) is 9.47 Å². The molecule has 0 spiro atoms. The van der Waals surface area contributed by atoms with Gasteiger partial charge >= 0.3 is 0 Å². The quantitative estimate of drug-likeness (QED) is 0.562. The third kappa shape index (κ3) is 4.84. The van der Waals surface area contributed by atoms with E-state index < -0.39 is 0 Å². The summed E-state index contributed by atoms with van der Waals surface area (Å²) in [5.74, 6) is 2.18. The first-order valence-electron chi connectivity index (χ1n) is 10.2. The van der Waals surface area contributed by atoms with Crippen molar-refractivity contribution in [3.63, 3.8) is 0 Å². The lowest BCUT2D eigenvalue weighted by molar-refractivity contribution is -0.117. The van der Waals surface area contributed by atoms with Gasteiger partial charge in [0.05, 0.1) is 14.2 Å². The van der Waals surface area contributed by atoms with Crippen molar-refractivity contribution in [3.05, 3.63) is 53.6 Å². The summed E-state index contributed by atoms with van der Waals surface area (Å²) < 4.78 is 10.8. The van der Waals surface area contributed by atoms with Crippen LogP contribution in [0, 0.1) is 0 Å². The lowest BCUT2D eigenvalue weighted by Crippen LogP contribution is -2.40. The van der Waals surface area contributed by atoms with Crippen molar-refractivity contribution in [2.24, 2.45) is 4.99 Å². The van der Waals surface area contributed by atoms with Gasteiger partial charge in [-0.2, -0.15) is 0 Å². The summed E-state index contributed by atoms with van der Waals surface area (Å²) in [6.45, 7) is 4.11. The highest BCUT2D eigenvalue weighted by Gasteiger charge is 2.24. The highest BCUT2D eigenvalue weighted by atomic mass is 16.5. The van der Waals surface area contributed by atoms with Crippen LogP contribution in [-0.2, 0) is 17.8 Å². The number of amides is 1. The maximum Gasteiger partial charge on any atom is 0.248 e. The fourth-order valence-electron chi connectivity index (χ4n) is 3.61. The van der Waals surface area contributed by atoms with Crippen molar-refractivity contribution in [3.8, 4) is 11.5 Å². The molecular weight excluding hydrogens is 380 g/mol. The third-order valence-corrected chi connectivity index (χ3v) is 5.15. The van der Waals surface area contributed by atoms with E-state index in [1.54, 1.807) is 14.2 Å². The number of carbonyl (C=O) groups is 1. The molecule has 1 N–H and O–H groups in total. The topological polar surface area (TPSA) is 66.4 Å². The zero-order valence-electron chi connectivity index (χ0n) is 18.1. The maximum absolute atomic E-state index is 12.8. The number of fused-ring (bicyclic) bond motifs is 1. The van der Waals surface area contributed by atoms with Crippen LogP contribution in [0.4, 0.5) is 5.69 Å². The number of guanidine groups is 1. The molecule has 7 nitrogen and oxygen atoms in total. The van der Waals surface area contributed by atoms with Crippen LogP contribution < -0.4 is 19.7 Å². The van der Waals surface area contributed by atoms with Crippen molar-refractivity contribution in [2.75, 3.05) is 45.8 Å². The number of anilines is 1. The van der Waals surface area contributed by atoms with Crippen LogP contribution in [0.3, 0.4) is 0 Å². The molecule has 0 radical (unpaired) electrons. The number of methoxy groups -OCH3 is 2. The van der Waals surface area contributed by atoms with E-state index in [9.17, 15) is 4.79 Å². The van der Waals surface area contributed by atoms with E-state index in [0.29, 0.717) is 25.6 Å². The molecule has 7 heteroatoms.